The molecule has 0 unspecified atom stereocenters. The van der Waals surface area contributed by atoms with Gasteiger partial charge in [-0.2, -0.15) is 5.10 Å². The van der Waals surface area contributed by atoms with Crippen molar-refractivity contribution in [2.24, 2.45) is 5.10 Å². The molecule has 22 heavy (non-hydrogen) atoms. The van der Waals surface area contributed by atoms with Crippen LogP contribution in [0.25, 0.3) is 0 Å². The summed E-state index contributed by atoms with van der Waals surface area (Å²) in [7, 11) is 0. The maximum Gasteiger partial charge on any atom is 0.291 e. The van der Waals surface area contributed by atoms with Gasteiger partial charge in [-0.15, -0.1) is 0 Å². The van der Waals surface area contributed by atoms with Gasteiger partial charge in [-0.3, -0.25) is 4.79 Å². The number of carbonyl (C=O) groups is 1. The number of aromatic amines is 1. The van der Waals surface area contributed by atoms with Crippen LogP contribution in [0.1, 0.15) is 23.1 Å². The Morgan fingerprint density at radius 2 is 2.05 bits per heavy atom. The summed E-state index contributed by atoms with van der Waals surface area (Å²) in [6.45, 7) is 1.73. The molecule has 6 nitrogen and oxygen atoms in total. The van der Waals surface area contributed by atoms with E-state index in [4.69, 9.17) is 40.5 Å². The van der Waals surface area contributed by atoms with Crippen LogP contribution in [-0.2, 0) is 0 Å². The van der Waals surface area contributed by atoms with E-state index in [1.165, 1.54) is 0 Å². The normalized spacial score (nSPS) is 11.4. The van der Waals surface area contributed by atoms with Gasteiger partial charge >= 0.3 is 0 Å². The average Bonchev–Trinajstić information content (AvgIpc) is 2.54. The van der Waals surface area contributed by atoms with Crippen molar-refractivity contribution in [2.75, 3.05) is 5.73 Å². The first-order chi connectivity index (χ1) is 10.4. The van der Waals surface area contributed by atoms with Gasteiger partial charge < -0.3 is 5.73 Å². The number of nitrogens with zero attached hydrogens (tertiary/aromatic N) is 2. The molecule has 2 heterocycles. The molecule has 0 bridgehead atoms. The number of aromatic nitrogens is 2. The van der Waals surface area contributed by atoms with Crippen molar-refractivity contribution in [1.29, 1.82) is 0 Å². The third-order valence-corrected chi connectivity index (χ3v) is 3.85. The van der Waals surface area contributed by atoms with Gasteiger partial charge in [-0.25, -0.2) is 15.4 Å². The molecule has 0 saturated heterocycles. The van der Waals surface area contributed by atoms with Crippen molar-refractivity contribution < 1.29 is 9.78 Å². The molecule has 0 saturated carbocycles. The molecule has 0 fully saturated rings. The maximum absolute atomic E-state index is 12.1. The molecular weight excluding hydrogens is 349 g/mol. The van der Waals surface area contributed by atoms with Gasteiger partial charge in [0, 0.05) is 12.1 Å². The third kappa shape index (κ3) is 3.47. The molecule has 2 rings (SSSR count). The van der Waals surface area contributed by atoms with E-state index in [-0.39, 0.29) is 26.6 Å². The molecule has 0 radical (unpaired) electrons. The van der Waals surface area contributed by atoms with Gasteiger partial charge in [0.1, 0.15) is 10.7 Å². The fourth-order valence-corrected chi connectivity index (χ4v) is 2.14. The van der Waals surface area contributed by atoms with Crippen molar-refractivity contribution in [3.8, 4) is 0 Å². The summed E-state index contributed by atoms with van der Waals surface area (Å²) in [5.74, 6) is -0.648. The summed E-state index contributed by atoms with van der Waals surface area (Å²) in [5, 5.41) is 3.78. The fourth-order valence-electron chi connectivity index (χ4n) is 1.55. The Morgan fingerprint density at radius 1 is 1.32 bits per heavy atom. The highest BCUT2D eigenvalue weighted by Gasteiger charge is 2.19. The predicted molar refractivity (Wildman–Crippen MR) is 86.4 cm³/mol. The molecule has 0 aliphatic heterocycles. The summed E-state index contributed by atoms with van der Waals surface area (Å²) in [4.78, 5) is 18.9. The lowest BCUT2D eigenvalue weighted by atomic mass is 10.3. The zero-order valence-corrected chi connectivity index (χ0v) is 13.6. The molecule has 2 aromatic rings. The quantitative estimate of drug-likeness (QED) is 0.501. The number of hydrogen-bond donors (Lipinski definition) is 2. The second-order valence-corrected chi connectivity index (χ2v) is 5.32. The van der Waals surface area contributed by atoms with Crippen molar-refractivity contribution in [3.63, 3.8) is 0 Å². The summed E-state index contributed by atoms with van der Waals surface area (Å²) in [6, 6.07) is 5.48. The number of rotatable bonds is 3. The number of halogens is 3. The van der Waals surface area contributed by atoms with Crippen LogP contribution >= 0.6 is 34.8 Å². The second-order valence-electron chi connectivity index (χ2n) is 4.21. The van der Waals surface area contributed by atoms with E-state index in [0.29, 0.717) is 5.71 Å². The summed E-state index contributed by atoms with van der Waals surface area (Å²) in [5.41, 5.74) is 9.15. The molecule has 0 aliphatic rings. The predicted octanol–water partition coefficient (Wildman–Crippen LogP) is 2.59. The van der Waals surface area contributed by atoms with Gasteiger partial charge in [0.25, 0.3) is 5.91 Å². The van der Waals surface area contributed by atoms with E-state index in [1.807, 2.05) is 18.2 Å². The summed E-state index contributed by atoms with van der Waals surface area (Å²) >= 11 is 17.5. The van der Waals surface area contributed by atoms with Crippen LogP contribution in [0.4, 0.5) is 5.69 Å². The first-order valence-electron chi connectivity index (χ1n) is 6.03. The van der Waals surface area contributed by atoms with Gasteiger partial charge in [0.05, 0.1) is 10.7 Å². The number of hydrazone groups is 1. The van der Waals surface area contributed by atoms with Gasteiger partial charge in [0.15, 0.2) is 17.0 Å². The molecular formula is C13H11Cl3N5O+. The van der Waals surface area contributed by atoms with Crippen LogP contribution in [0, 0.1) is 0 Å². The number of carbonyl (C=O) groups excluding carboxylic acids is 1. The molecule has 0 aromatic carbocycles. The van der Waals surface area contributed by atoms with E-state index in [2.05, 4.69) is 20.5 Å². The Labute approximate surface area is 141 Å². The van der Waals surface area contributed by atoms with Crippen molar-refractivity contribution in [1.82, 2.24) is 10.4 Å². The lowest BCUT2D eigenvalue weighted by Gasteiger charge is -2.07. The Bertz CT molecular complexity index is 749. The third-order valence-electron chi connectivity index (χ3n) is 2.71. The summed E-state index contributed by atoms with van der Waals surface area (Å²) in [6.07, 6.45) is 1.74. The number of pyridine rings is 2. The standard InChI is InChI=1S/C13H10Cl3N5O/c1-6(7-4-2-3-5-18-7)20-21-13(22)11-8(14)10(17)9(15)12(16)19-11/h2-5H,1H3,(H2,17,19)(H,21,22)/p+1/b20-6-. The minimum Gasteiger partial charge on any atom is -0.396 e. The van der Waals surface area contributed by atoms with Gasteiger partial charge in [0.2, 0.25) is 5.69 Å². The maximum atomic E-state index is 12.1. The Hall–Kier alpha value is -1.89. The molecule has 114 valence electrons. The molecule has 1 amide bonds. The number of anilines is 1. The highest BCUT2D eigenvalue weighted by atomic mass is 35.5. The van der Waals surface area contributed by atoms with Gasteiger partial charge in [-0.05, 0) is 13.0 Å². The van der Waals surface area contributed by atoms with Crippen LogP contribution in [0.3, 0.4) is 0 Å². The number of H-pyrrole nitrogens is 1. The first kappa shape index (κ1) is 16.5. The molecule has 2 aromatic heterocycles. The zero-order valence-electron chi connectivity index (χ0n) is 11.3. The van der Waals surface area contributed by atoms with E-state index in [1.54, 1.807) is 13.1 Å². The molecule has 0 aliphatic carbocycles. The van der Waals surface area contributed by atoms with E-state index >= 15 is 0 Å². The Morgan fingerprint density at radius 3 is 2.68 bits per heavy atom. The van der Waals surface area contributed by atoms with Crippen LogP contribution < -0.4 is 16.1 Å². The largest absolute Gasteiger partial charge is 0.396 e. The van der Waals surface area contributed by atoms with Crippen molar-refractivity contribution in [2.45, 2.75) is 6.92 Å². The monoisotopic (exact) mass is 358 g/mol. The zero-order chi connectivity index (χ0) is 16.3. The summed E-state index contributed by atoms with van der Waals surface area (Å²) < 4.78 is 0. The number of nitrogen functional groups attached to an aromatic ring is 1. The minimum absolute atomic E-state index is 0.00165. The lowest BCUT2D eigenvalue weighted by Crippen LogP contribution is -2.23. The van der Waals surface area contributed by atoms with Crippen LogP contribution in [-0.4, -0.2) is 16.6 Å². The molecule has 0 atom stereocenters. The second kappa shape index (κ2) is 6.91. The first-order valence-corrected chi connectivity index (χ1v) is 7.17. The van der Waals surface area contributed by atoms with Crippen molar-refractivity contribution in [3.05, 3.63) is 51.0 Å². The Kier molecular flexibility index (Phi) is 5.18. The van der Waals surface area contributed by atoms with Crippen LogP contribution in [0.2, 0.25) is 15.2 Å². The van der Waals surface area contributed by atoms with E-state index in [0.717, 1.165) is 5.69 Å². The SMILES string of the molecule is C/C(=N/NC(=O)c1nc(Cl)c(Cl)c(N)c1Cl)c1cccc[nH+]1. The van der Waals surface area contributed by atoms with Crippen molar-refractivity contribution >= 4 is 52.1 Å². The molecule has 9 heteroatoms. The van der Waals surface area contributed by atoms with Crippen LogP contribution in [0.15, 0.2) is 29.5 Å². The van der Waals surface area contributed by atoms with E-state index in [9.17, 15) is 4.79 Å². The topological polar surface area (TPSA) is 94.5 Å². The number of nitrogens with two attached hydrogens (primary N) is 1. The Balaban J connectivity index is 2.24. The highest BCUT2D eigenvalue weighted by Crippen LogP contribution is 2.34. The average molecular weight is 360 g/mol. The van der Waals surface area contributed by atoms with Crippen LogP contribution in [0.5, 0.6) is 0 Å². The fraction of sp³-hybridized carbons (Fsp3) is 0.0769. The smallest absolute Gasteiger partial charge is 0.291 e. The highest BCUT2D eigenvalue weighted by molar-refractivity contribution is 6.46. The number of nitrogens with one attached hydrogen (secondary N) is 2. The number of amides is 1. The van der Waals surface area contributed by atoms with E-state index < -0.39 is 5.91 Å². The lowest BCUT2D eigenvalue weighted by molar-refractivity contribution is -0.380. The molecule has 4 N–H and O–H groups in total. The number of hydrogen-bond acceptors (Lipinski definition) is 4. The molecule has 0 spiro atoms. The van der Waals surface area contributed by atoms with Gasteiger partial charge in [-0.1, -0.05) is 34.8 Å². The minimum atomic E-state index is -0.648.